The van der Waals surface area contributed by atoms with Crippen molar-refractivity contribution >= 4 is 11.7 Å². The van der Waals surface area contributed by atoms with Crippen molar-refractivity contribution in [3.63, 3.8) is 0 Å². The maximum absolute atomic E-state index is 12.0. The molecule has 0 aliphatic heterocycles. The molecule has 4 heteroatoms. The fraction of sp³-hybridized carbons (Fsp3) is 0.579. The monoisotopic (exact) mass is 317 g/mol. The van der Waals surface area contributed by atoms with Gasteiger partial charge in [-0.05, 0) is 50.5 Å². The summed E-state index contributed by atoms with van der Waals surface area (Å²) in [5, 5.41) is 3.15. The first-order chi connectivity index (χ1) is 11.1. The summed E-state index contributed by atoms with van der Waals surface area (Å²) in [5.41, 5.74) is 0.681. The Morgan fingerprint density at radius 2 is 1.74 bits per heavy atom. The minimum absolute atomic E-state index is 0.0479. The van der Waals surface area contributed by atoms with E-state index >= 15 is 0 Å². The number of hydrogen-bond donors (Lipinski definition) is 1. The smallest absolute Gasteiger partial charge is 0.220 e. The molecular formula is C19H27NO3. The van der Waals surface area contributed by atoms with Gasteiger partial charge in [-0.15, -0.1) is 0 Å². The van der Waals surface area contributed by atoms with Crippen molar-refractivity contribution in [3.8, 4) is 5.75 Å². The van der Waals surface area contributed by atoms with Crippen LogP contribution in [0.1, 0.15) is 68.6 Å². The Bertz CT molecular complexity index is 502. The van der Waals surface area contributed by atoms with Crippen molar-refractivity contribution < 1.29 is 14.3 Å². The number of rotatable bonds is 7. The number of amides is 1. The SMILES string of the molecule is CC(=O)c1ccc(OCCCC(=O)NC2CCCCCC2)cc1. The van der Waals surface area contributed by atoms with E-state index in [1.807, 2.05) is 0 Å². The Labute approximate surface area is 138 Å². The molecule has 0 bridgehead atoms. The van der Waals surface area contributed by atoms with Gasteiger partial charge in [-0.1, -0.05) is 25.7 Å². The summed E-state index contributed by atoms with van der Waals surface area (Å²) < 4.78 is 5.61. The van der Waals surface area contributed by atoms with E-state index in [1.54, 1.807) is 31.2 Å². The van der Waals surface area contributed by atoms with Crippen LogP contribution in [0.15, 0.2) is 24.3 Å². The van der Waals surface area contributed by atoms with Crippen LogP contribution in [0, 0.1) is 0 Å². The van der Waals surface area contributed by atoms with Crippen LogP contribution in [0.4, 0.5) is 0 Å². The van der Waals surface area contributed by atoms with Gasteiger partial charge in [-0.3, -0.25) is 9.59 Å². The van der Waals surface area contributed by atoms with Crippen LogP contribution in [0.25, 0.3) is 0 Å². The molecule has 23 heavy (non-hydrogen) atoms. The van der Waals surface area contributed by atoms with Crippen molar-refractivity contribution in [3.05, 3.63) is 29.8 Å². The lowest BCUT2D eigenvalue weighted by Crippen LogP contribution is -2.34. The number of ketones is 1. The predicted octanol–water partition coefficient (Wildman–Crippen LogP) is 3.89. The molecule has 0 spiro atoms. The lowest BCUT2D eigenvalue weighted by molar-refractivity contribution is -0.122. The zero-order valence-electron chi connectivity index (χ0n) is 14.0. The summed E-state index contributed by atoms with van der Waals surface area (Å²) in [4.78, 5) is 23.1. The summed E-state index contributed by atoms with van der Waals surface area (Å²) in [6, 6.07) is 7.47. The number of carbonyl (C=O) groups is 2. The van der Waals surface area contributed by atoms with E-state index in [9.17, 15) is 9.59 Å². The Kier molecular flexibility index (Phi) is 7.11. The third kappa shape index (κ3) is 6.43. The molecule has 1 aliphatic carbocycles. The van der Waals surface area contributed by atoms with Crippen LogP contribution in [-0.4, -0.2) is 24.3 Å². The third-order valence-electron chi connectivity index (χ3n) is 4.30. The van der Waals surface area contributed by atoms with Crippen molar-refractivity contribution in [1.82, 2.24) is 5.32 Å². The second-order valence-electron chi connectivity index (χ2n) is 6.29. The molecule has 0 aromatic heterocycles. The molecule has 0 unspecified atom stereocenters. The molecule has 1 aromatic carbocycles. The summed E-state index contributed by atoms with van der Waals surface area (Å²) in [6.07, 6.45) is 8.48. The Hall–Kier alpha value is -1.84. The second-order valence-corrected chi connectivity index (χ2v) is 6.29. The van der Waals surface area contributed by atoms with Gasteiger partial charge in [0.1, 0.15) is 5.75 Å². The molecule has 1 aliphatic rings. The highest BCUT2D eigenvalue weighted by Gasteiger charge is 2.14. The summed E-state index contributed by atoms with van der Waals surface area (Å²) in [7, 11) is 0. The van der Waals surface area contributed by atoms with Crippen molar-refractivity contribution in [2.24, 2.45) is 0 Å². The van der Waals surface area contributed by atoms with E-state index in [0.717, 1.165) is 18.6 Å². The number of Topliss-reactive ketones (excluding diaryl/α,β-unsaturated/α-hetero) is 1. The molecule has 1 amide bonds. The second kappa shape index (κ2) is 9.33. The van der Waals surface area contributed by atoms with Gasteiger partial charge >= 0.3 is 0 Å². The molecule has 2 rings (SSSR count). The average Bonchev–Trinajstić information content (AvgIpc) is 2.80. The largest absolute Gasteiger partial charge is 0.494 e. The van der Waals surface area contributed by atoms with Gasteiger partial charge in [0.15, 0.2) is 5.78 Å². The summed E-state index contributed by atoms with van der Waals surface area (Å²) >= 11 is 0. The molecule has 126 valence electrons. The molecule has 0 saturated heterocycles. The molecule has 1 N–H and O–H groups in total. The molecule has 4 nitrogen and oxygen atoms in total. The first-order valence-electron chi connectivity index (χ1n) is 8.68. The van der Waals surface area contributed by atoms with Crippen LogP contribution in [0.5, 0.6) is 5.75 Å². The number of hydrogen-bond acceptors (Lipinski definition) is 3. The zero-order valence-corrected chi connectivity index (χ0v) is 14.0. The zero-order chi connectivity index (χ0) is 16.5. The van der Waals surface area contributed by atoms with Crippen LogP contribution >= 0.6 is 0 Å². The molecule has 0 radical (unpaired) electrons. The quantitative estimate of drug-likeness (QED) is 0.471. The highest BCUT2D eigenvalue weighted by atomic mass is 16.5. The number of carbonyl (C=O) groups excluding carboxylic acids is 2. The van der Waals surface area contributed by atoms with Gasteiger partial charge in [-0.2, -0.15) is 0 Å². The maximum atomic E-state index is 12.0. The first-order valence-corrected chi connectivity index (χ1v) is 8.68. The first kappa shape index (κ1) is 17.5. The van der Waals surface area contributed by atoms with Crippen LogP contribution in [0.3, 0.4) is 0 Å². The molecule has 0 heterocycles. The Balaban J connectivity index is 1.62. The van der Waals surface area contributed by atoms with E-state index in [-0.39, 0.29) is 11.7 Å². The van der Waals surface area contributed by atoms with Gasteiger partial charge in [0.25, 0.3) is 0 Å². The molecule has 1 saturated carbocycles. The summed E-state index contributed by atoms with van der Waals surface area (Å²) in [6.45, 7) is 2.06. The van der Waals surface area contributed by atoms with Gasteiger partial charge < -0.3 is 10.1 Å². The molecule has 1 aromatic rings. The number of ether oxygens (including phenoxy) is 1. The average molecular weight is 317 g/mol. The number of benzene rings is 1. The third-order valence-corrected chi connectivity index (χ3v) is 4.30. The fourth-order valence-corrected chi connectivity index (χ4v) is 2.93. The molecule has 1 fully saturated rings. The van der Waals surface area contributed by atoms with E-state index < -0.39 is 0 Å². The maximum Gasteiger partial charge on any atom is 0.220 e. The Morgan fingerprint density at radius 1 is 1.09 bits per heavy atom. The van der Waals surface area contributed by atoms with Crippen molar-refractivity contribution in [2.45, 2.75) is 64.3 Å². The fourth-order valence-electron chi connectivity index (χ4n) is 2.93. The van der Waals surface area contributed by atoms with Crippen molar-refractivity contribution in [2.75, 3.05) is 6.61 Å². The van der Waals surface area contributed by atoms with Crippen LogP contribution in [-0.2, 0) is 4.79 Å². The predicted molar refractivity (Wildman–Crippen MR) is 90.8 cm³/mol. The van der Waals surface area contributed by atoms with E-state index in [0.29, 0.717) is 31.1 Å². The highest BCUT2D eigenvalue weighted by molar-refractivity contribution is 5.94. The van der Waals surface area contributed by atoms with Gasteiger partial charge in [0.05, 0.1) is 6.61 Å². The standard InChI is InChI=1S/C19H27NO3/c1-15(21)16-10-12-18(13-11-16)23-14-6-9-19(22)20-17-7-4-2-3-5-8-17/h10-13,17H,2-9,14H2,1H3,(H,20,22). The minimum atomic E-state index is 0.0479. The van der Waals surface area contributed by atoms with Crippen molar-refractivity contribution in [1.29, 1.82) is 0 Å². The van der Waals surface area contributed by atoms with E-state index in [2.05, 4.69) is 5.32 Å². The summed E-state index contributed by atoms with van der Waals surface area (Å²) in [5.74, 6) is 0.915. The molecular weight excluding hydrogens is 290 g/mol. The van der Waals surface area contributed by atoms with Gasteiger partial charge in [-0.25, -0.2) is 0 Å². The van der Waals surface area contributed by atoms with Crippen LogP contribution < -0.4 is 10.1 Å². The number of nitrogens with one attached hydrogen (secondary N) is 1. The van der Waals surface area contributed by atoms with Gasteiger partial charge in [0.2, 0.25) is 5.91 Å². The topological polar surface area (TPSA) is 55.4 Å². The van der Waals surface area contributed by atoms with E-state index in [4.69, 9.17) is 4.74 Å². The van der Waals surface area contributed by atoms with Gasteiger partial charge in [0, 0.05) is 18.0 Å². The normalized spacial score (nSPS) is 15.7. The lowest BCUT2D eigenvalue weighted by Gasteiger charge is -2.16. The van der Waals surface area contributed by atoms with Crippen LogP contribution in [0.2, 0.25) is 0 Å². The Morgan fingerprint density at radius 3 is 2.35 bits per heavy atom. The minimum Gasteiger partial charge on any atom is -0.494 e. The molecule has 0 atom stereocenters. The van der Waals surface area contributed by atoms with E-state index in [1.165, 1.54) is 25.7 Å². The highest BCUT2D eigenvalue weighted by Crippen LogP contribution is 2.17. The lowest BCUT2D eigenvalue weighted by atomic mass is 10.1.